The van der Waals surface area contributed by atoms with Gasteiger partial charge in [-0.25, -0.2) is 9.78 Å². The summed E-state index contributed by atoms with van der Waals surface area (Å²) >= 11 is 7.32. The van der Waals surface area contributed by atoms with Gasteiger partial charge in [-0.1, -0.05) is 23.7 Å². The molecular weight excluding hydrogens is 362 g/mol. The summed E-state index contributed by atoms with van der Waals surface area (Å²) in [5.74, 6) is 0. The quantitative estimate of drug-likeness (QED) is 0.741. The Labute approximate surface area is 151 Å². The number of halogens is 1. The Bertz CT molecular complexity index is 1010. The number of aromatic nitrogens is 2. The summed E-state index contributed by atoms with van der Waals surface area (Å²) in [6.45, 7) is 0.753. The van der Waals surface area contributed by atoms with Gasteiger partial charge in [-0.15, -0.1) is 11.3 Å². The third-order valence-electron chi connectivity index (χ3n) is 4.42. The average molecular weight is 376 g/mol. The Balaban J connectivity index is 1.72. The van der Waals surface area contributed by atoms with Gasteiger partial charge in [0.25, 0.3) is 5.56 Å². The largest absolute Gasteiger partial charge is 0.465 e. The lowest BCUT2D eigenvalue weighted by Gasteiger charge is -2.14. The summed E-state index contributed by atoms with van der Waals surface area (Å²) in [6, 6.07) is 9.17. The summed E-state index contributed by atoms with van der Waals surface area (Å²) < 4.78 is 2.15. The molecule has 1 saturated heterocycles. The highest BCUT2D eigenvalue weighted by molar-refractivity contribution is 7.22. The molecule has 25 heavy (non-hydrogen) atoms. The monoisotopic (exact) mass is 375 g/mol. The van der Waals surface area contributed by atoms with E-state index >= 15 is 0 Å². The van der Waals surface area contributed by atoms with Crippen molar-refractivity contribution in [1.29, 1.82) is 0 Å². The van der Waals surface area contributed by atoms with Gasteiger partial charge in [0.1, 0.15) is 4.70 Å². The first kappa shape index (κ1) is 16.1. The highest BCUT2D eigenvalue weighted by Crippen LogP contribution is 2.32. The van der Waals surface area contributed by atoms with Gasteiger partial charge in [-0.2, -0.15) is 0 Å². The van der Waals surface area contributed by atoms with Crippen LogP contribution in [-0.4, -0.2) is 38.7 Å². The van der Waals surface area contributed by atoms with E-state index < -0.39 is 6.09 Å². The molecule has 0 bridgehead atoms. The first-order valence-electron chi connectivity index (χ1n) is 7.77. The fourth-order valence-corrected chi connectivity index (χ4v) is 4.26. The minimum atomic E-state index is -0.953. The number of thiophene rings is 1. The highest BCUT2D eigenvalue weighted by atomic mass is 35.5. The number of nitrogens with zero attached hydrogens (tertiary/aromatic N) is 3. The molecule has 0 aliphatic carbocycles. The number of fused-ring (bicyclic) bond motifs is 1. The number of rotatable bonds is 2. The molecule has 1 aromatic carbocycles. The molecule has 1 aliphatic rings. The number of likely N-dealkylation sites (tertiary alicyclic amines) is 1. The van der Waals surface area contributed by atoms with Crippen LogP contribution in [0.15, 0.2) is 41.5 Å². The van der Waals surface area contributed by atoms with Crippen LogP contribution in [0.5, 0.6) is 0 Å². The van der Waals surface area contributed by atoms with Crippen molar-refractivity contribution >= 4 is 39.2 Å². The zero-order valence-electron chi connectivity index (χ0n) is 13.1. The maximum Gasteiger partial charge on any atom is 0.407 e. The van der Waals surface area contributed by atoms with E-state index in [4.69, 9.17) is 16.7 Å². The lowest BCUT2D eigenvalue weighted by atomic mass is 10.2. The molecule has 1 atom stereocenters. The molecule has 8 heteroatoms. The summed E-state index contributed by atoms with van der Waals surface area (Å²) in [5, 5.41) is 9.75. The number of carboxylic acid groups (broad SMARTS) is 1. The first-order chi connectivity index (χ1) is 12.0. The van der Waals surface area contributed by atoms with Crippen molar-refractivity contribution in [3.8, 4) is 10.4 Å². The van der Waals surface area contributed by atoms with Crippen molar-refractivity contribution in [3.05, 3.63) is 52.0 Å². The van der Waals surface area contributed by atoms with Crippen LogP contribution in [0, 0.1) is 0 Å². The minimum absolute atomic E-state index is 0.118. The third kappa shape index (κ3) is 2.89. The Kier molecular flexibility index (Phi) is 3.97. The smallest absolute Gasteiger partial charge is 0.407 e. The standard InChI is InChI=1S/C17H14ClN3O3S/c18-11-3-1-10(2-4-11)14-7-13-15(25-14)16(22)21(9-19-13)12-5-6-20(8-12)17(23)24/h1-4,7,9,12H,5-6,8H2,(H,23,24)/t12-/m1/s1. The van der Waals surface area contributed by atoms with Gasteiger partial charge in [-0.3, -0.25) is 9.36 Å². The van der Waals surface area contributed by atoms with Crippen LogP contribution in [-0.2, 0) is 0 Å². The normalized spacial score (nSPS) is 17.3. The average Bonchev–Trinajstić information content (AvgIpc) is 3.23. The van der Waals surface area contributed by atoms with Crippen molar-refractivity contribution in [2.75, 3.05) is 13.1 Å². The Morgan fingerprint density at radius 1 is 1.32 bits per heavy atom. The van der Waals surface area contributed by atoms with Crippen LogP contribution < -0.4 is 5.56 Å². The topological polar surface area (TPSA) is 75.4 Å². The number of hydrogen-bond acceptors (Lipinski definition) is 4. The molecule has 3 aromatic rings. The van der Waals surface area contributed by atoms with E-state index in [0.717, 1.165) is 10.4 Å². The van der Waals surface area contributed by atoms with E-state index in [1.807, 2.05) is 30.3 Å². The van der Waals surface area contributed by atoms with E-state index in [2.05, 4.69) is 4.98 Å². The van der Waals surface area contributed by atoms with E-state index in [9.17, 15) is 9.59 Å². The van der Waals surface area contributed by atoms with Crippen molar-refractivity contribution in [1.82, 2.24) is 14.5 Å². The minimum Gasteiger partial charge on any atom is -0.465 e. The molecule has 2 aromatic heterocycles. The molecule has 0 saturated carbocycles. The van der Waals surface area contributed by atoms with Crippen LogP contribution >= 0.6 is 22.9 Å². The second-order valence-corrected chi connectivity index (χ2v) is 7.45. The van der Waals surface area contributed by atoms with Crippen LogP contribution in [0.3, 0.4) is 0 Å². The van der Waals surface area contributed by atoms with E-state index in [0.29, 0.717) is 34.7 Å². The maximum atomic E-state index is 12.8. The van der Waals surface area contributed by atoms with E-state index in [1.54, 1.807) is 4.57 Å². The van der Waals surface area contributed by atoms with Crippen LogP contribution in [0.2, 0.25) is 5.02 Å². The zero-order valence-corrected chi connectivity index (χ0v) is 14.6. The molecule has 6 nitrogen and oxygen atoms in total. The SMILES string of the molecule is O=C(O)N1CC[C@@H](n2cnc3cc(-c4ccc(Cl)cc4)sc3c2=O)C1. The number of hydrogen-bond donors (Lipinski definition) is 1. The fourth-order valence-electron chi connectivity index (χ4n) is 3.08. The summed E-state index contributed by atoms with van der Waals surface area (Å²) in [5.41, 5.74) is 1.52. The van der Waals surface area contributed by atoms with Crippen molar-refractivity contribution in [2.45, 2.75) is 12.5 Å². The van der Waals surface area contributed by atoms with Gasteiger partial charge in [0.05, 0.1) is 17.9 Å². The lowest BCUT2D eigenvalue weighted by Crippen LogP contribution is -2.30. The Morgan fingerprint density at radius 2 is 2.08 bits per heavy atom. The lowest BCUT2D eigenvalue weighted by molar-refractivity contribution is 0.154. The van der Waals surface area contributed by atoms with Gasteiger partial charge in [-0.05, 0) is 30.2 Å². The van der Waals surface area contributed by atoms with Gasteiger partial charge in [0, 0.05) is 23.0 Å². The second-order valence-electron chi connectivity index (χ2n) is 5.96. The summed E-state index contributed by atoms with van der Waals surface area (Å²) in [6.07, 6.45) is 1.19. The van der Waals surface area contributed by atoms with Crippen LogP contribution in [0.25, 0.3) is 20.7 Å². The Hall–Kier alpha value is -2.38. The molecule has 0 spiro atoms. The molecule has 4 rings (SSSR count). The van der Waals surface area contributed by atoms with Crippen LogP contribution in [0.1, 0.15) is 12.5 Å². The predicted octanol–water partition coefficient (Wildman–Crippen LogP) is 3.70. The number of benzene rings is 1. The van der Waals surface area contributed by atoms with E-state index in [-0.39, 0.29) is 11.6 Å². The predicted molar refractivity (Wildman–Crippen MR) is 97.6 cm³/mol. The van der Waals surface area contributed by atoms with Gasteiger partial charge in [0.15, 0.2) is 0 Å². The summed E-state index contributed by atoms with van der Waals surface area (Å²) in [7, 11) is 0. The molecule has 1 aliphatic heterocycles. The van der Waals surface area contributed by atoms with E-state index in [1.165, 1.54) is 22.6 Å². The first-order valence-corrected chi connectivity index (χ1v) is 8.97. The summed E-state index contributed by atoms with van der Waals surface area (Å²) in [4.78, 5) is 30.6. The van der Waals surface area contributed by atoms with Crippen molar-refractivity contribution in [3.63, 3.8) is 0 Å². The third-order valence-corrected chi connectivity index (χ3v) is 5.83. The zero-order chi connectivity index (χ0) is 17.6. The molecule has 1 fully saturated rings. The number of carbonyl (C=O) groups is 1. The maximum absolute atomic E-state index is 12.8. The molecular formula is C17H14ClN3O3S. The molecule has 3 heterocycles. The van der Waals surface area contributed by atoms with Crippen molar-refractivity contribution < 1.29 is 9.90 Å². The highest BCUT2D eigenvalue weighted by Gasteiger charge is 2.28. The van der Waals surface area contributed by atoms with Crippen LogP contribution in [0.4, 0.5) is 4.79 Å². The molecule has 128 valence electrons. The second kappa shape index (κ2) is 6.16. The Morgan fingerprint density at radius 3 is 2.76 bits per heavy atom. The fraction of sp³-hybridized carbons (Fsp3) is 0.235. The van der Waals surface area contributed by atoms with Gasteiger partial charge < -0.3 is 10.0 Å². The van der Waals surface area contributed by atoms with Crippen molar-refractivity contribution in [2.24, 2.45) is 0 Å². The number of amides is 1. The molecule has 0 radical (unpaired) electrons. The molecule has 1 amide bonds. The van der Waals surface area contributed by atoms with Gasteiger partial charge in [0.2, 0.25) is 0 Å². The van der Waals surface area contributed by atoms with Gasteiger partial charge >= 0.3 is 6.09 Å². The molecule has 1 N–H and O–H groups in total. The molecule has 0 unspecified atom stereocenters.